The second kappa shape index (κ2) is 9.21. The summed E-state index contributed by atoms with van der Waals surface area (Å²) in [4.78, 5) is 29.0. The smallest absolute Gasteiger partial charge is 0.371 e. The highest BCUT2D eigenvalue weighted by Gasteiger charge is 2.50. The summed E-state index contributed by atoms with van der Waals surface area (Å²) >= 11 is 0. The summed E-state index contributed by atoms with van der Waals surface area (Å²) in [6, 6.07) is 10.1. The summed E-state index contributed by atoms with van der Waals surface area (Å²) in [6.07, 6.45) is -3.16. The molecular weight excluding hydrogens is 464 g/mol. The topological polar surface area (TPSA) is 76.4 Å². The number of rotatable bonds is 3. The van der Waals surface area contributed by atoms with E-state index in [2.05, 4.69) is 5.32 Å². The summed E-state index contributed by atoms with van der Waals surface area (Å²) in [6.45, 7) is 1.10. The van der Waals surface area contributed by atoms with Gasteiger partial charge < -0.3 is 15.1 Å². The third-order valence-corrected chi connectivity index (χ3v) is 7.04. The first-order chi connectivity index (χ1) is 16.6. The molecule has 0 saturated carbocycles. The highest BCUT2D eigenvalue weighted by Crippen LogP contribution is 2.45. The molecule has 2 saturated heterocycles. The van der Waals surface area contributed by atoms with Crippen LogP contribution in [0.5, 0.6) is 0 Å². The number of hydrogen-bond acceptors (Lipinski definition) is 4. The van der Waals surface area contributed by atoms with E-state index in [1.807, 2.05) is 4.90 Å². The first-order valence-electron chi connectivity index (χ1n) is 11.2. The normalized spacial score (nSPS) is 19.5. The number of nitrogens with one attached hydrogen (secondary N) is 1. The molecule has 0 bridgehead atoms. The quantitative estimate of drug-likeness (QED) is 0.664. The van der Waals surface area contributed by atoms with Crippen molar-refractivity contribution in [2.24, 2.45) is 5.41 Å². The van der Waals surface area contributed by atoms with Crippen LogP contribution in [0.25, 0.3) is 0 Å². The van der Waals surface area contributed by atoms with Gasteiger partial charge in [0.05, 0.1) is 22.8 Å². The van der Waals surface area contributed by atoms with E-state index < -0.39 is 40.5 Å². The molecule has 1 unspecified atom stereocenters. The van der Waals surface area contributed by atoms with E-state index in [-0.39, 0.29) is 18.0 Å². The molecule has 1 N–H and O–H groups in total. The number of hydrogen-bond donors (Lipinski definition) is 1. The lowest BCUT2D eigenvalue weighted by molar-refractivity contribution is -0.137. The number of piperidine rings is 1. The van der Waals surface area contributed by atoms with Gasteiger partial charge in [-0.05, 0) is 55.0 Å². The number of likely N-dealkylation sites (N-methyl/N-ethyl adjacent to an activating group) is 1. The van der Waals surface area contributed by atoms with Crippen LogP contribution in [0.1, 0.15) is 40.7 Å². The van der Waals surface area contributed by atoms with E-state index in [1.165, 1.54) is 42.3 Å². The zero-order chi connectivity index (χ0) is 25.4. The van der Waals surface area contributed by atoms with Crippen molar-refractivity contribution in [1.29, 1.82) is 5.26 Å². The summed E-state index contributed by atoms with van der Waals surface area (Å²) < 4.78 is 54.5. The molecule has 184 valence electrons. The molecule has 1 spiro atoms. The third-order valence-electron chi connectivity index (χ3n) is 7.04. The molecule has 2 heterocycles. The summed E-state index contributed by atoms with van der Waals surface area (Å²) in [5.74, 6) is -1.56. The Kier molecular flexibility index (Phi) is 6.45. The Hall–Kier alpha value is -3.61. The molecule has 2 aliphatic heterocycles. The molecule has 2 aromatic carbocycles. The molecule has 0 radical (unpaired) electrons. The molecule has 0 aromatic heterocycles. The van der Waals surface area contributed by atoms with Gasteiger partial charge in [0.15, 0.2) is 0 Å². The largest absolute Gasteiger partial charge is 0.417 e. The fourth-order valence-corrected chi connectivity index (χ4v) is 5.12. The Bertz CT molecular complexity index is 1180. The van der Waals surface area contributed by atoms with Crippen LogP contribution in [0.4, 0.5) is 23.2 Å². The maximum Gasteiger partial charge on any atom is 0.417 e. The van der Waals surface area contributed by atoms with Crippen molar-refractivity contribution < 1.29 is 27.2 Å². The van der Waals surface area contributed by atoms with Crippen molar-refractivity contribution in [3.05, 3.63) is 65.0 Å². The summed E-state index contributed by atoms with van der Waals surface area (Å²) in [5.41, 5.74) is -1.55. The Morgan fingerprint density at radius 1 is 1.14 bits per heavy atom. The van der Waals surface area contributed by atoms with Gasteiger partial charge in [0.2, 0.25) is 5.91 Å². The molecule has 10 heteroatoms. The highest BCUT2D eigenvalue weighted by molar-refractivity contribution is 5.98. The first-order valence-corrected chi connectivity index (χ1v) is 11.2. The lowest BCUT2D eigenvalue weighted by Gasteiger charge is -2.40. The minimum absolute atomic E-state index is 0.104. The van der Waals surface area contributed by atoms with Gasteiger partial charge in [-0.2, -0.15) is 18.4 Å². The zero-order valence-electron chi connectivity index (χ0n) is 19.0. The predicted octanol–water partition coefficient (Wildman–Crippen LogP) is 3.96. The summed E-state index contributed by atoms with van der Waals surface area (Å²) in [7, 11) is 1.48. The van der Waals surface area contributed by atoms with Gasteiger partial charge in [-0.1, -0.05) is 12.1 Å². The lowest BCUT2D eigenvalue weighted by Crippen LogP contribution is -2.45. The summed E-state index contributed by atoms with van der Waals surface area (Å²) in [5, 5.41) is 11.6. The number of anilines is 1. The number of benzene rings is 2. The Morgan fingerprint density at radius 2 is 1.83 bits per heavy atom. The Morgan fingerprint density at radius 3 is 2.43 bits per heavy atom. The maximum absolute atomic E-state index is 14.3. The monoisotopic (exact) mass is 488 g/mol. The fraction of sp³-hybridized carbons (Fsp3) is 0.400. The fourth-order valence-electron chi connectivity index (χ4n) is 5.12. The van der Waals surface area contributed by atoms with E-state index in [4.69, 9.17) is 5.26 Å². The number of alkyl halides is 3. The van der Waals surface area contributed by atoms with Gasteiger partial charge in [-0.3, -0.25) is 9.59 Å². The van der Waals surface area contributed by atoms with Crippen LogP contribution in [0.2, 0.25) is 0 Å². The van der Waals surface area contributed by atoms with Crippen LogP contribution < -0.4 is 10.2 Å². The van der Waals surface area contributed by atoms with Crippen LogP contribution >= 0.6 is 0 Å². The second-order valence-corrected chi connectivity index (χ2v) is 9.07. The van der Waals surface area contributed by atoms with E-state index >= 15 is 0 Å². The molecular formula is C25H24F4N4O2. The number of nitriles is 1. The minimum atomic E-state index is -4.64. The first kappa shape index (κ1) is 24.5. The van der Waals surface area contributed by atoms with Gasteiger partial charge in [0, 0.05) is 32.4 Å². The third kappa shape index (κ3) is 4.67. The highest BCUT2D eigenvalue weighted by atomic mass is 19.4. The zero-order valence-corrected chi connectivity index (χ0v) is 19.0. The van der Waals surface area contributed by atoms with Crippen molar-refractivity contribution in [2.75, 3.05) is 31.6 Å². The number of carbonyl (C=O) groups excluding carboxylic acids is 2. The standard InChI is InChI=1S/C25H24F4N4O2/c1-31-22(34)21-13-24(15-33(21)23(35)18-4-2-3-5-20(18)26)8-10-32(11-9-24)17-7-6-16(14-30)19(12-17)25(27,28)29/h2-7,12,21H,8-11,13,15H2,1H3,(H,31,34). The molecule has 2 aromatic rings. The predicted molar refractivity (Wildman–Crippen MR) is 120 cm³/mol. The number of carbonyl (C=O) groups is 2. The number of amides is 2. The van der Waals surface area contributed by atoms with Crippen LogP contribution in [0, 0.1) is 22.6 Å². The van der Waals surface area contributed by atoms with Crippen LogP contribution in [0.15, 0.2) is 42.5 Å². The molecule has 2 fully saturated rings. The number of likely N-dealkylation sites (tertiary alicyclic amines) is 1. The maximum atomic E-state index is 14.3. The number of nitrogens with zero attached hydrogens (tertiary/aromatic N) is 3. The van der Waals surface area contributed by atoms with Crippen LogP contribution in [0.3, 0.4) is 0 Å². The second-order valence-electron chi connectivity index (χ2n) is 9.07. The van der Waals surface area contributed by atoms with E-state index in [0.717, 1.165) is 6.07 Å². The van der Waals surface area contributed by atoms with E-state index in [9.17, 15) is 27.2 Å². The van der Waals surface area contributed by atoms with E-state index in [0.29, 0.717) is 38.0 Å². The molecule has 0 aliphatic carbocycles. The lowest BCUT2D eigenvalue weighted by atomic mass is 9.76. The van der Waals surface area contributed by atoms with Crippen LogP contribution in [-0.4, -0.2) is 49.4 Å². The van der Waals surface area contributed by atoms with E-state index in [1.54, 1.807) is 12.1 Å². The molecule has 6 nitrogen and oxygen atoms in total. The SMILES string of the molecule is CNC(=O)C1CC2(CCN(c3ccc(C#N)c(C(F)(F)F)c3)CC2)CN1C(=O)c1ccccc1F. The van der Waals surface area contributed by atoms with Crippen molar-refractivity contribution in [3.63, 3.8) is 0 Å². The Labute approximate surface area is 200 Å². The van der Waals surface area contributed by atoms with Crippen molar-refractivity contribution in [2.45, 2.75) is 31.5 Å². The van der Waals surface area contributed by atoms with Crippen molar-refractivity contribution >= 4 is 17.5 Å². The average molecular weight is 488 g/mol. The van der Waals surface area contributed by atoms with Crippen molar-refractivity contribution in [3.8, 4) is 6.07 Å². The van der Waals surface area contributed by atoms with Crippen molar-refractivity contribution in [1.82, 2.24) is 10.2 Å². The van der Waals surface area contributed by atoms with Gasteiger partial charge in [-0.15, -0.1) is 0 Å². The van der Waals surface area contributed by atoms with Gasteiger partial charge >= 0.3 is 6.18 Å². The van der Waals surface area contributed by atoms with Crippen LogP contribution in [-0.2, 0) is 11.0 Å². The van der Waals surface area contributed by atoms with Gasteiger partial charge in [0.25, 0.3) is 5.91 Å². The molecule has 4 rings (SSSR count). The average Bonchev–Trinajstić information content (AvgIpc) is 3.22. The molecule has 35 heavy (non-hydrogen) atoms. The molecule has 2 aliphatic rings. The number of halogens is 4. The Balaban J connectivity index is 1.54. The van der Waals surface area contributed by atoms with Gasteiger partial charge in [-0.25, -0.2) is 4.39 Å². The van der Waals surface area contributed by atoms with Gasteiger partial charge in [0.1, 0.15) is 11.9 Å². The molecule has 2 amide bonds. The molecule has 1 atom stereocenters. The minimum Gasteiger partial charge on any atom is -0.371 e.